The van der Waals surface area contributed by atoms with Crippen LogP contribution in [0.3, 0.4) is 0 Å². The number of carbonyl (C=O) groups excluding carboxylic acids is 2. The highest BCUT2D eigenvalue weighted by Crippen LogP contribution is 2.26. The van der Waals surface area contributed by atoms with Gasteiger partial charge in [-0.25, -0.2) is 4.98 Å². The van der Waals surface area contributed by atoms with Gasteiger partial charge in [-0.2, -0.15) is 0 Å². The number of benzene rings is 2. The summed E-state index contributed by atoms with van der Waals surface area (Å²) >= 11 is 1.50. The number of thiazole rings is 1. The number of aromatic nitrogens is 1. The molecule has 3 aromatic rings. The van der Waals surface area contributed by atoms with E-state index in [9.17, 15) is 9.59 Å². The van der Waals surface area contributed by atoms with Gasteiger partial charge in [-0.1, -0.05) is 0 Å². The van der Waals surface area contributed by atoms with Crippen LogP contribution >= 0.6 is 11.3 Å². The van der Waals surface area contributed by atoms with Gasteiger partial charge < -0.3 is 15.4 Å². The second-order valence-electron chi connectivity index (χ2n) is 6.14. The number of primary amides is 1. The Balaban J connectivity index is 1.66. The van der Waals surface area contributed by atoms with Crippen LogP contribution in [0.25, 0.3) is 10.6 Å². The van der Waals surface area contributed by atoms with Gasteiger partial charge in [0.15, 0.2) is 0 Å². The maximum atomic E-state index is 12.6. The fourth-order valence-electron chi connectivity index (χ4n) is 2.65. The molecular formula is C21H21N3O3S. The molecule has 0 saturated carbocycles. The summed E-state index contributed by atoms with van der Waals surface area (Å²) in [7, 11) is 1.70. The van der Waals surface area contributed by atoms with Gasteiger partial charge in [0.25, 0.3) is 0 Å². The van der Waals surface area contributed by atoms with Gasteiger partial charge in [0.2, 0.25) is 11.8 Å². The molecule has 0 fully saturated rings. The Kier molecular flexibility index (Phi) is 6.06. The first-order chi connectivity index (χ1) is 13.5. The molecule has 3 rings (SSSR count). The van der Waals surface area contributed by atoms with Crippen LogP contribution in [-0.2, 0) is 11.2 Å². The summed E-state index contributed by atoms with van der Waals surface area (Å²) in [6, 6.07) is 14.4. The number of rotatable bonds is 7. The Morgan fingerprint density at radius 3 is 2.39 bits per heavy atom. The van der Waals surface area contributed by atoms with E-state index >= 15 is 0 Å². The van der Waals surface area contributed by atoms with Gasteiger partial charge in [-0.3, -0.25) is 9.59 Å². The van der Waals surface area contributed by atoms with Crippen molar-refractivity contribution in [1.82, 2.24) is 4.98 Å². The molecule has 6 nitrogen and oxygen atoms in total. The van der Waals surface area contributed by atoms with E-state index in [1.54, 1.807) is 36.2 Å². The van der Waals surface area contributed by atoms with Crippen molar-refractivity contribution >= 4 is 28.8 Å². The third-order valence-electron chi connectivity index (χ3n) is 4.21. The molecular weight excluding hydrogens is 374 g/mol. The molecule has 2 N–H and O–H groups in total. The van der Waals surface area contributed by atoms with Crippen molar-refractivity contribution in [3.05, 3.63) is 65.2 Å². The van der Waals surface area contributed by atoms with E-state index in [4.69, 9.17) is 10.5 Å². The van der Waals surface area contributed by atoms with Crippen LogP contribution in [0.5, 0.6) is 5.75 Å². The van der Waals surface area contributed by atoms with Gasteiger partial charge in [0, 0.05) is 29.2 Å². The zero-order chi connectivity index (χ0) is 20.1. The monoisotopic (exact) mass is 395 g/mol. The molecule has 0 aliphatic heterocycles. The van der Waals surface area contributed by atoms with E-state index in [0.717, 1.165) is 22.0 Å². The summed E-state index contributed by atoms with van der Waals surface area (Å²) in [6.45, 7) is 2.57. The van der Waals surface area contributed by atoms with Gasteiger partial charge in [0.05, 0.1) is 18.7 Å². The van der Waals surface area contributed by atoms with Crippen LogP contribution in [0, 0.1) is 0 Å². The molecule has 2 amide bonds. The number of anilines is 1. The van der Waals surface area contributed by atoms with Gasteiger partial charge in [-0.05, 0) is 55.5 Å². The number of hydrogen-bond acceptors (Lipinski definition) is 5. The van der Waals surface area contributed by atoms with Crippen molar-refractivity contribution < 1.29 is 14.3 Å². The van der Waals surface area contributed by atoms with E-state index in [1.165, 1.54) is 11.3 Å². The number of nitrogens with zero attached hydrogens (tertiary/aromatic N) is 2. The Labute approximate surface area is 167 Å². The fraction of sp³-hybridized carbons (Fsp3) is 0.190. The average molecular weight is 395 g/mol. The second kappa shape index (κ2) is 8.67. The predicted molar refractivity (Wildman–Crippen MR) is 111 cm³/mol. The number of likely N-dealkylation sites (N-methyl/N-ethyl adjacent to an activating group) is 1. The van der Waals surface area contributed by atoms with Crippen LogP contribution in [0.15, 0.2) is 53.9 Å². The van der Waals surface area contributed by atoms with Gasteiger partial charge >= 0.3 is 0 Å². The number of carbonyl (C=O) groups is 2. The lowest BCUT2D eigenvalue weighted by Gasteiger charge is -2.17. The average Bonchev–Trinajstić information content (AvgIpc) is 3.16. The second-order valence-corrected chi connectivity index (χ2v) is 7.00. The number of amides is 2. The topological polar surface area (TPSA) is 85.5 Å². The third kappa shape index (κ3) is 4.55. The van der Waals surface area contributed by atoms with Crippen LogP contribution in [0.2, 0.25) is 0 Å². The van der Waals surface area contributed by atoms with Crippen molar-refractivity contribution in [2.24, 2.45) is 5.73 Å². The van der Waals surface area contributed by atoms with Gasteiger partial charge in [-0.15, -0.1) is 11.3 Å². The molecule has 144 valence electrons. The van der Waals surface area contributed by atoms with Crippen LogP contribution in [0.4, 0.5) is 5.69 Å². The molecule has 0 unspecified atom stereocenters. The lowest BCUT2D eigenvalue weighted by atomic mass is 10.2. The molecule has 2 aromatic carbocycles. The number of ether oxygens (including phenoxy) is 1. The van der Waals surface area contributed by atoms with E-state index < -0.39 is 5.91 Å². The van der Waals surface area contributed by atoms with Crippen LogP contribution in [0.1, 0.15) is 23.0 Å². The Bertz CT molecular complexity index is 965. The lowest BCUT2D eigenvalue weighted by molar-refractivity contribution is -0.117. The molecule has 0 saturated heterocycles. The molecule has 0 bridgehead atoms. The predicted octanol–water partition coefficient (Wildman–Crippen LogP) is 3.51. The van der Waals surface area contributed by atoms with E-state index in [0.29, 0.717) is 17.9 Å². The smallest absolute Gasteiger partial charge is 0.248 e. The first-order valence-electron chi connectivity index (χ1n) is 8.82. The quantitative estimate of drug-likeness (QED) is 0.663. The molecule has 28 heavy (non-hydrogen) atoms. The fourth-order valence-corrected chi connectivity index (χ4v) is 3.47. The highest BCUT2D eigenvalue weighted by molar-refractivity contribution is 7.13. The Morgan fingerprint density at radius 2 is 1.79 bits per heavy atom. The number of hydrogen-bond donors (Lipinski definition) is 1. The molecule has 0 atom stereocenters. The summed E-state index contributed by atoms with van der Waals surface area (Å²) in [5, 5.41) is 2.76. The minimum Gasteiger partial charge on any atom is -0.494 e. The summed E-state index contributed by atoms with van der Waals surface area (Å²) < 4.78 is 5.45. The van der Waals surface area contributed by atoms with Crippen molar-refractivity contribution in [3.8, 4) is 16.3 Å². The molecule has 0 aliphatic carbocycles. The summed E-state index contributed by atoms with van der Waals surface area (Å²) in [6.07, 6.45) is 0.196. The standard InChI is InChI=1S/C21H21N3O3S/c1-3-27-18-10-6-15(7-11-18)21-23-16(13-28-21)12-19(25)24(2)17-8-4-14(5-9-17)20(22)26/h4-11,13H,3,12H2,1-2H3,(H2,22,26). The Hall–Kier alpha value is -3.19. The molecule has 0 spiro atoms. The molecule has 1 heterocycles. The highest BCUT2D eigenvalue weighted by Gasteiger charge is 2.15. The maximum absolute atomic E-state index is 12.6. The first-order valence-corrected chi connectivity index (χ1v) is 9.70. The third-order valence-corrected chi connectivity index (χ3v) is 5.15. The van der Waals surface area contributed by atoms with Crippen molar-refractivity contribution in [2.75, 3.05) is 18.6 Å². The lowest BCUT2D eigenvalue weighted by Crippen LogP contribution is -2.28. The minimum absolute atomic E-state index is 0.0876. The Morgan fingerprint density at radius 1 is 1.11 bits per heavy atom. The van der Waals surface area contributed by atoms with Gasteiger partial charge in [0.1, 0.15) is 10.8 Å². The molecule has 7 heteroatoms. The van der Waals surface area contributed by atoms with E-state index in [-0.39, 0.29) is 12.3 Å². The molecule has 0 aliphatic rings. The zero-order valence-electron chi connectivity index (χ0n) is 15.7. The van der Waals surface area contributed by atoms with E-state index in [1.807, 2.05) is 36.6 Å². The zero-order valence-corrected chi connectivity index (χ0v) is 16.5. The van der Waals surface area contributed by atoms with Crippen molar-refractivity contribution in [2.45, 2.75) is 13.3 Å². The highest BCUT2D eigenvalue weighted by atomic mass is 32.1. The van der Waals surface area contributed by atoms with Crippen molar-refractivity contribution in [1.29, 1.82) is 0 Å². The summed E-state index contributed by atoms with van der Waals surface area (Å²) in [5.74, 6) is 0.238. The first kappa shape index (κ1) is 19.6. The van der Waals surface area contributed by atoms with E-state index in [2.05, 4.69) is 4.98 Å². The maximum Gasteiger partial charge on any atom is 0.248 e. The largest absolute Gasteiger partial charge is 0.494 e. The normalized spacial score (nSPS) is 10.5. The summed E-state index contributed by atoms with van der Waals surface area (Å²) in [4.78, 5) is 29.9. The SMILES string of the molecule is CCOc1ccc(-c2nc(CC(=O)N(C)c3ccc(C(N)=O)cc3)cs2)cc1. The van der Waals surface area contributed by atoms with Crippen molar-refractivity contribution in [3.63, 3.8) is 0 Å². The number of nitrogens with two attached hydrogens (primary N) is 1. The molecule has 1 aromatic heterocycles. The summed E-state index contributed by atoms with van der Waals surface area (Å²) in [5.41, 5.74) is 8.05. The van der Waals surface area contributed by atoms with Crippen LogP contribution < -0.4 is 15.4 Å². The minimum atomic E-state index is -0.496. The molecule has 0 radical (unpaired) electrons. The van der Waals surface area contributed by atoms with Crippen LogP contribution in [-0.4, -0.2) is 30.5 Å².